The van der Waals surface area contributed by atoms with E-state index in [0.717, 1.165) is 25.1 Å². The lowest BCUT2D eigenvalue weighted by Gasteiger charge is -2.07. The number of hydrogen-bond acceptors (Lipinski definition) is 3. The molecule has 0 bridgehead atoms. The Labute approximate surface area is 102 Å². The summed E-state index contributed by atoms with van der Waals surface area (Å²) in [7, 11) is 0. The van der Waals surface area contributed by atoms with Crippen molar-refractivity contribution in [3.8, 4) is 0 Å². The molecule has 3 heteroatoms. The fraction of sp³-hybridized carbons (Fsp3) is 0.846. The number of nitrogens with one attached hydrogen (secondary N) is 2. The van der Waals surface area contributed by atoms with E-state index in [2.05, 4.69) is 24.6 Å². The SMILES string of the molecule is CC.CCCCCC/C(=C/NCCC)NN. The van der Waals surface area contributed by atoms with Crippen molar-refractivity contribution in [2.24, 2.45) is 5.84 Å². The van der Waals surface area contributed by atoms with Gasteiger partial charge in [-0.05, 0) is 19.3 Å². The fourth-order valence-electron chi connectivity index (χ4n) is 1.27. The van der Waals surface area contributed by atoms with E-state index in [1.54, 1.807) is 0 Å². The Kier molecular flexibility index (Phi) is 18.5. The minimum absolute atomic E-state index is 1.01. The van der Waals surface area contributed by atoms with Crippen LogP contribution in [0, 0.1) is 0 Å². The molecule has 0 rings (SSSR count). The normalized spacial score (nSPS) is 10.4. The lowest BCUT2D eigenvalue weighted by Crippen LogP contribution is -2.23. The van der Waals surface area contributed by atoms with Gasteiger partial charge in [-0.15, -0.1) is 0 Å². The van der Waals surface area contributed by atoms with Gasteiger partial charge in [0.2, 0.25) is 0 Å². The summed E-state index contributed by atoms with van der Waals surface area (Å²) >= 11 is 0. The zero-order valence-corrected chi connectivity index (χ0v) is 11.6. The maximum absolute atomic E-state index is 5.41. The Morgan fingerprint density at radius 1 is 1.06 bits per heavy atom. The largest absolute Gasteiger partial charge is 0.389 e. The van der Waals surface area contributed by atoms with Gasteiger partial charge >= 0.3 is 0 Å². The number of unbranched alkanes of at least 4 members (excludes halogenated alkanes) is 3. The van der Waals surface area contributed by atoms with Crippen LogP contribution in [0.3, 0.4) is 0 Å². The molecule has 0 aromatic heterocycles. The van der Waals surface area contributed by atoms with E-state index < -0.39 is 0 Å². The van der Waals surface area contributed by atoms with Gasteiger partial charge < -0.3 is 10.7 Å². The van der Waals surface area contributed by atoms with Crippen molar-refractivity contribution in [3.63, 3.8) is 0 Å². The van der Waals surface area contributed by atoms with E-state index in [4.69, 9.17) is 5.84 Å². The predicted octanol–water partition coefficient (Wildman–Crippen LogP) is 3.29. The molecule has 0 aromatic carbocycles. The molecule has 0 unspecified atom stereocenters. The average molecular weight is 229 g/mol. The highest BCUT2D eigenvalue weighted by atomic mass is 15.2. The Balaban J connectivity index is 0. The topological polar surface area (TPSA) is 50.1 Å². The molecule has 4 N–H and O–H groups in total. The minimum Gasteiger partial charge on any atom is -0.389 e. The monoisotopic (exact) mass is 229 g/mol. The van der Waals surface area contributed by atoms with Gasteiger partial charge in [0, 0.05) is 18.4 Å². The first-order chi connectivity index (χ1) is 7.85. The molecule has 0 atom stereocenters. The summed E-state index contributed by atoms with van der Waals surface area (Å²) < 4.78 is 0. The maximum atomic E-state index is 5.41. The van der Waals surface area contributed by atoms with Crippen LogP contribution < -0.4 is 16.6 Å². The molecule has 0 saturated heterocycles. The molecule has 0 heterocycles. The molecule has 3 nitrogen and oxygen atoms in total. The molecule has 98 valence electrons. The standard InChI is InChI=1S/C11H25N3.C2H6/c1-3-5-6-7-8-11(14-12)10-13-9-4-2;1-2/h10,13-14H,3-9,12H2,1-2H3;1-2H3/b11-10-;. The molecule has 0 saturated carbocycles. The zero-order chi connectivity index (χ0) is 12.6. The molecule has 0 fully saturated rings. The van der Waals surface area contributed by atoms with E-state index in [-0.39, 0.29) is 0 Å². The number of hydrazine groups is 1. The number of nitrogens with two attached hydrogens (primary N) is 1. The zero-order valence-electron chi connectivity index (χ0n) is 11.6. The second-order valence-electron chi connectivity index (χ2n) is 3.58. The van der Waals surface area contributed by atoms with Crippen molar-refractivity contribution in [1.82, 2.24) is 10.7 Å². The Morgan fingerprint density at radius 3 is 2.25 bits per heavy atom. The second-order valence-corrected chi connectivity index (χ2v) is 3.58. The molecule has 0 aromatic rings. The van der Waals surface area contributed by atoms with Crippen LogP contribution in [0.2, 0.25) is 0 Å². The highest BCUT2D eigenvalue weighted by molar-refractivity contribution is 4.96. The van der Waals surface area contributed by atoms with Crippen LogP contribution in [0.4, 0.5) is 0 Å². The molecular weight excluding hydrogens is 198 g/mol. The van der Waals surface area contributed by atoms with Gasteiger partial charge in [0.1, 0.15) is 0 Å². The van der Waals surface area contributed by atoms with Gasteiger partial charge in [0.15, 0.2) is 0 Å². The number of allylic oxidation sites excluding steroid dienone is 1. The number of hydrogen-bond donors (Lipinski definition) is 3. The first kappa shape index (κ1) is 17.7. The molecule has 0 radical (unpaired) electrons. The summed E-state index contributed by atoms with van der Waals surface area (Å²) in [6, 6.07) is 0. The van der Waals surface area contributed by atoms with E-state index in [0.29, 0.717) is 0 Å². The third-order valence-corrected chi connectivity index (χ3v) is 2.16. The summed E-state index contributed by atoms with van der Waals surface area (Å²) in [5.41, 5.74) is 3.84. The van der Waals surface area contributed by atoms with E-state index in [1.165, 1.54) is 25.7 Å². The summed E-state index contributed by atoms with van der Waals surface area (Å²) in [6.07, 6.45) is 9.30. The smallest absolute Gasteiger partial charge is 0.0415 e. The Bertz CT molecular complexity index is 144. The first-order valence-electron chi connectivity index (χ1n) is 6.74. The third-order valence-electron chi connectivity index (χ3n) is 2.16. The molecule has 0 aliphatic rings. The molecule has 0 aliphatic heterocycles. The molecule has 0 spiro atoms. The van der Waals surface area contributed by atoms with Crippen LogP contribution in [0.25, 0.3) is 0 Å². The van der Waals surface area contributed by atoms with E-state index in [9.17, 15) is 0 Å². The van der Waals surface area contributed by atoms with Crippen LogP contribution in [-0.2, 0) is 0 Å². The summed E-state index contributed by atoms with van der Waals surface area (Å²) in [4.78, 5) is 0. The van der Waals surface area contributed by atoms with Crippen molar-refractivity contribution in [2.75, 3.05) is 6.54 Å². The lowest BCUT2D eigenvalue weighted by molar-refractivity contribution is 0.637. The molecule has 16 heavy (non-hydrogen) atoms. The maximum Gasteiger partial charge on any atom is 0.0415 e. The van der Waals surface area contributed by atoms with E-state index in [1.807, 2.05) is 20.0 Å². The van der Waals surface area contributed by atoms with Crippen LogP contribution >= 0.6 is 0 Å². The quantitative estimate of drug-likeness (QED) is 0.323. The first-order valence-corrected chi connectivity index (χ1v) is 6.74. The van der Waals surface area contributed by atoms with Crippen LogP contribution in [-0.4, -0.2) is 6.54 Å². The van der Waals surface area contributed by atoms with Gasteiger partial charge in [0.25, 0.3) is 0 Å². The van der Waals surface area contributed by atoms with Gasteiger partial charge in [-0.1, -0.05) is 47.0 Å². The second kappa shape index (κ2) is 16.7. The van der Waals surface area contributed by atoms with Gasteiger partial charge in [0.05, 0.1) is 0 Å². The van der Waals surface area contributed by atoms with Crippen molar-refractivity contribution in [1.29, 1.82) is 0 Å². The summed E-state index contributed by atoms with van der Waals surface area (Å²) in [5.74, 6) is 5.41. The van der Waals surface area contributed by atoms with Crippen molar-refractivity contribution >= 4 is 0 Å². The highest BCUT2D eigenvalue weighted by Gasteiger charge is 1.94. The summed E-state index contributed by atoms with van der Waals surface area (Å²) in [6.45, 7) is 9.39. The lowest BCUT2D eigenvalue weighted by atomic mass is 10.1. The van der Waals surface area contributed by atoms with Crippen molar-refractivity contribution < 1.29 is 0 Å². The van der Waals surface area contributed by atoms with Crippen LogP contribution in [0.1, 0.15) is 66.2 Å². The van der Waals surface area contributed by atoms with E-state index >= 15 is 0 Å². The van der Waals surface area contributed by atoms with Gasteiger partial charge in [-0.25, -0.2) is 0 Å². The molecule has 0 amide bonds. The van der Waals surface area contributed by atoms with Gasteiger partial charge in [-0.2, -0.15) is 0 Å². The van der Waals surface area contributed by atoms with Crippen molar-refractivity contribution in [2.45, 2.75) is 66.2 Å². The Morgan fingerprint density at radius 2 is 1.75 bits per heavy atom. The minimum atomic E-state index is 1.01. The fourth-order valence-corrected chi connectivity index (χ4v) is 1.27. The average Bonchev–Trinajstić information content (AvgIpc) is 2.35. The third kappa shape index (κ3) is 13.3. The summed E-state index contributed by atoms with van der Waals surface area (Å²) in [5, 5.41) is 3.22. The predicted molar refractivity (Wildman–Crippen MR) is 73.8 cm³/mol. The van der Waals surface area contributed by atoms with Crippen LogP contribution in [0.15, 0.2) is 11.9 Å². The number of rotatable bonds is 9. The van der Waals surface area contributed by atoms with Gasteiger partial charge in [-0.3, -0.25) is 5.84 Å². The van der Waals surface area contributed by atoms with Crippen molar-refractivity contribution in [3.05, 3.63) is 11.9 Å². The Hall–Kier alpha value is -0.700. The van der Waals surface area contributed by atoms with Crippen LogP contribution in [0.5, 0.6) is 0 Å². The molecular formula is C13H31N3. The molecule has 0 aliphatic carbocycles. The highest BCUT2D eigenvalue weighted by Crippen LogP contribution is 2.06.